The van der Waals surface area contributed by atoms with E-state index in [-0.39, 0.29) is 5.75 Å². The Morgan fingerprint density at radius 3 is 2.85 bits per heavy atom. The first-order valence-corrected chi connectivity index (χ1v) is 4.23. The molecule has 0 unspecified atom stereocenters. The van der Waals surface area contributed by atoms with Crippen LogP contribution in [0.15, 0.2) is 30.4 Å². The molecule has 0 aromatic heterocycles. The number of ether oxygens (including phenoxy) is 1. The molecular formula is C10H11ClO2. The standard InChI is InChI=1S/C10H11ClO2/c1-7(2)6-13-10-4-3-8(12)5-9(10)11/h3-5,12H,1,6H2,2H3. The molecule has 0 bridgehead atoms. The molecule has 0 saturated heterocycles. The van der Waals surface area contributed by atoms with Crippen molar-refractivity contribution >= 4 is 11.6 Å². The van der Waals surface area contributed by atoms with Crippen LogP contribution < -0.4 is 4.74 Å². The highest BCUT2D eigenvalue weighted by atomic mass is 35.5. The minimum absolute atomic E-state index is 0.132. The van der Waals surface area contributed by atoms with Gasteiger partial charge in [0, 0.05) is 6.07 Å². The largest absolute Gasteiger partial charge is 0.508 e. The Kier molecular flexibility index (Phi) is 3.20. The summed E-state index contributed by atoms with van der Waals surface area (Å²) in [5.74, 6) is 0.690. The number of benzene rings is 1. The first-order chi connectivity index (χ1) is 6.09. The van der Waals surface area contributed by atoms with Gasteiger partial charge in [-0.2, -0.15) is 0 Å². The molecule has 2 nitrogen and oxygen atoms in total. The first kappa shape index (κ1) is 9.93. The molecule has 0 heterocycles. The third kappa shape index (κ3) is 2.99. The van der Waals surface area contributed by atoms with Crippen LogP contribution in [0.4, 0.5) is 0 Å². The molecule has 0 aliphatic heterocycles. The Bertz CT molecular complexity index is 321. The van der Waals surface area contributed by atoms with Gasteiger partial charge in [-0.25, -0.2) is 0 Å². The molecule has 1 N–H and O–H groups in total. The van der Waals surface area contributed by atoms with E-state index in [0.29, 0.717) is 17.4 Å². The summed E-state index contributed by atoms with van der Waals surface area (Å²) in [6.45, 7) is 6.00. The van der Waals surface area contributed by atoms with Gasteiger partial charge < -0.3 is 9.84 Å². The van der Waals surface area contributed by atoms with Crippen LogP contribution in [0, 0.1) is 0 Å². The molecule has 0 radical (unpaired) electrons. The number of phenolic OH excluding ortho intramolecular Hbond substituents is 1. The van der Waals surface area contributed by atoms with Crippen molar-refractivity contribution in [1.82, 2.24) is 0 Å². The topological polar surface area (TPSA) is 29.5 Å². The SMILES string of the molecule is C=C(C)COc1ccc(O)cc1Cl. The van der Waals surface area contributed by atoms with E-state index in [9.17, 15) is 0 Å². The lowest BCUT2D eigenvalue weighted by molar-refractivity contribution is 0.352. The lowest BCUT2D eigenvalue weighted by atomic mass is 10.3. The number of aromatic hydroxyl groups is 1. The van der Waals surface area contributed by atoms with Crippen LogP contribution in [0.2, 0.25) is 5.02 Å². The van der Waals surface area contributed by atoms with E-state index in [4.69, 9.17) is 21.4 Å². The van der Waals surface area contributed by atoms with E-state index in [0.717, 1.165) is 5.57 Å². The zero-order valence-corrected chi connectivity index (χ0v) is 8.14. The van der Waals surface area contributed by atoms with Crippen molar-refractivity contribution in [3.8, 4) is 11.5 Å². The second kappa shape index (κ2) is 4.19. The molecule has 0 amide bonds. The molecule has 13 heavy (non-hydrogen) atoms. The van der Waals surface area contributed by atoms with E-state index in [1.807, 2.05) is 6.92 Å². The van der Waals surface area contributed by atoms with Crippen molar-refractivity contribution in [2.75, 3.05) is 6.61 Å². The van der Waals surface area contributed by atoms with Crippen LogP contribution >= 0.6 is 11.6 Å². The van der Waals surface area contributed by atoms with Gasteiger partial charge in [0.05, 0.1) is 5.02 Å². The van der Waals surface area contributed by atoms with Crippen LogP contribution in [0.3, 0.4) is 0 Å². The highest BCUT2D eigenvalue weighted by molar-refractivity contribution is 6.32. The number of halogens is 1. The van der Waals surface area contributed by atoms with Crippen LogP contribution in [-0.4, -0.2) is 11.7 Å². The third-order valence-electron chi connectivity index (χ3n) is 1.39. The average molecular weight is 199 g/mol. The highest BCUT2D eigenvalue weighted by Crippen LogP contribution is 2.28. The fraction of sp³-hybridized carbons (Fsp3) is 0.200. The highest BCUT2D eigenvalue weighted by Gasteiger charge is 2.01. The van der Waals surface area contributed by atoms with Gasteiger partial charge in [-0.3, -0.25) is 0 Å². The van der Waals surface area contributed by atoms with Gasteiger partial charge in [0.2, 0.25) is 0 Å². The number of hydrogen-bond donors (Lipinski definition) is 1. The lowest BCUT2D eigenvalue weighted by Gasteiger charge is -2.07. The maximum absolute atomic E-state index is 9.06. The summed E-state index contributed by atoms with van der Waals surface area (Å²) in [5.41, 5.74) is 0.921. The van der Waals surface area contributed by atoms with E-state index >= 15 is 0 Å². The molecular weight excluding hydrogens is 188 g/mol. The van der Waals surface area contributed by atoms with Gasteiger partial charge >= 0.3 is 0 Å². The van der Waals surface area contributed by atoms with Crippen LogP contribution in [-0.2, 0) is 0 Å². The molecule has 3 heteroatoms. The zero-order chi connectivity index (χ0) is 9.84. The van der Waals surface area contributed by atoms with Crippen molar-refractivity contribution in [2.24, 2.45) is 0 Å². The van der Waals surface area contributed by atoms with Crippen molar-refractivity contribution in [3.63, 3.8) is 0 Å². The summed E-state index contributed by atoms with van der Waals surface area (Å²) in [5, 5.41) is 9.46. The van der Waals surface area contributed by atoms with Crippen molar-refractivity contribution < 1.29 is 9.84 Å². The Hall–Kier alpha value is -1.15. The average Bonchev–Trinajstić information content (AvgIpc) is 2.02. The van der Waals surface area contributed by atoms with Gasteiger partial charge in [0.25, 0.3) is 0 Å². The molecule has 0 aliphatic carbocycles. The summed E-state index contributed by atoms with van der Waals surface area (Å²) in [7, 11) is 0. The molecule has 0 spiro atoms. The van der Waals surface area contributed by atoms with E-state index in [1.54, 1.807) is 6.07 Å². The molecule has 0 saturated carbocycles. The van der Waals surface area contributed by atoms with Gasteiger partial charge in [-0.05, 0) is 24.6 Å². The summed E-state index contributed by atoms with van der Waals surface area (Å²) < 4.78 is 5.31. The Morgan fingerprint density at radius 1 is 1.62 bits per heavy atom. The smallest absolute Gasteiger partial charge is 0.138 e. The van der Waals surface area contributed by atoms with E-state index in [1.165, 1.54) is 12.1 Å². The summed E-state index contributed by atoms with van der Waals surface area (Å²) in [4.78, 5) is 0. The monoisotopic (exact) mass is 198 g/mol. The minimum atomic E-state index is 0.132. The summed E-state index contributed by atoms with van der Waals surface area (Å²) >= 11 is 5.80. The number of hydrogen-bond acceptors (Lipinski definition) is 2. The quantitative estimate of drug-likeness (QED) is 0.757. The molecule has 1 aromatic carbocycles. The lowest BCUT2D eigenvalue weighted by Crippen LogP contribution is -1.97. The summed E-state index contributed by atoms with van der Waals surface area (Å²) in [6.07, 6.45) is 0. The zero-order valence-electron chi connectivity index (χ0n) is 7.38. The van der Waals surface area contributed by atoms with Gasteiger partial charge in [-0.15, -0.1) is 0 Å². The van der Waals surface area contributed by atoms with Crippen molar-refractivity contribution in [2.45, 2.75) is 6.92 Å². The van der Waals surface area contributed by atoms with Gasteiger partial charge in [0.15, 0.2) is 0 Å². The van der Waals surface area contributed by atoms with E-state index < -0.39 is 0 Å². The Balaban J connectivity index is 2.72. The van der Waals surface area contributed by atoms with Crippen LogP contribution in [0.1, 0.15) is 6.92 Å². The second-order valence-electron chi connectivity index (χ2n) is 2.86. The van der Waals surface area contributed by atoms with Crippen LogP contribution in [0.25, 0.3) is 0 Å². The fourth-order valence-corrected chi connectivity index (χ4v) is 1.04. The van der Waals surface area contributed by atoms with Gasteiger partial charge in [0.1, 0.15) is 18.1 Å². The van der Waals surface area contributed by atoms with Gasteiger partial charge in [-0.1, -0.05) is 18.2 Å². The maximum atomic E-state index is 9.06. The first-order valence-electron chi connectivity index (χ1n) is 3.85. The fourth-order valence-electron chi connectivity index (χ4n) is 0.808. The minimum Gasteiger partial charge on any atom is -0.508 e. The van der Waals surface area contributed by atoms with Crippen LogP contribution in [0.5, 0.6) is 11.5 Å². The molecule has 0 fully saturated rings. The third-order valence-corrected chi connectivity index (χ3v) is 1.68. The second-order valence-corrected chi connectivity index (χ2v) is 3.27. The molecule has 1 rings (SSSR count). The Labute approximate surface area is 82.4 Å². The predicted octanol–water partition coefficient (Wildman–Crippen LogP) is 3.00. The van der Waals surface area contributed by atoms with Crippen molar-refractivity contribution in [1.29, 1.82) is 0 Å². The van der Waals surface area contributed by atoms with Crippen molar-refractivity contribution in [3.05, 3.63) is 35.4 Å². The molecule has 0 aliphatic rings. The number of rotatable bonds is 3. The Morgan fingerprint density at radius 2 is 2.31 bits per heavy atom. The summed E-state index contributed by atoms with van der Waals surface area (Å²) in [6, 6.07) is 4.59. The molecule has 70 valence electrons. The molecule has 0 atom stereocenters. The maximum Gasteiger partial charge on any atom is 0.138 e. The molecule has 1 aromatic rings. The number of phenols is 1. The predicted molar refractivity (Wildman–Crippen MR) is 53.4 cm³/mol. The van der Waals surface area contributed by atoms with E-state index in [2.05, 4.69) is 6.58 Å². The normalized spacial score (nSPS) is 9.69.